The molecule has 2 unspecified atom stereocenters. The molecule has 2 aromatic carbocycles. The molecule has 2 fully saturated rings. The summed E-state index contributed by atoms with van der Waals surface area (Å²) in [5.74, 6) is 0.454. The maximum atomic E-state index is 14.3. The summed E-state index contributed by atoms with van der Waals surface area (Å²) in [6.45, 7) is 3.45. The third-order valence-electron chi connectivity index (χ3n) is 7.91. The van der Waals surface area contributed by atoms with E-state index in [-0.39, 0.29) is 11.9 Å². The average Bonchev–Trinajstić information content (AvgIpc) is 3.73. The number of aliphatic hydroxyl groups excluding tert-OH is 1. The molecule has 1 saturated carbocycles. The number of piperidine rings is 1. The number of hydrogen-bond acceptors (Lipinski definition) is 7. The molecule has 2 N–H and O–H groups in total. The summed E-state index contributed by atoms with van der Waals surface area (Å²) in [6.07, 6.45) is 3.43. The molecule has 0 bridgehead atoms. The molecule has 1 aliphatic carbocycles. The Morgan fingerprint density at radius 2 is 1.89 bits per heavy atom. The number of aryl methyl sites for hydroxylation is 1. The molecule has 2 aromatic rings. The third kappa shape index (κ3) is 5.75. The molecular formula is C30H40N2O6. The summed E-state index contributed by atoms with van der Waals surface area (Å²) < 4.78 is 22.6. The second-order valence-electron chi connectivity index (χ2n) is 10.6. The number of nitrogens with one attached hydrogen (secondary N) is 1. The lowest BCUT2D eigenvalue weighted by molar-refractivity contribution is -0.206. The predicted octanol–water partition coefficient (Wildman–Crippen LogP) is 3.31. The predicted molar refractivity (Wildman–Crippen MR) is 143 cm³/mol. The van der Waals surface area contributed by atoms with Crippen molar-refractivity contribution in [2.45, 2.75) is 56.6 Å². The first-order valence-corrected chi connectivity index (χ1v) is 13.8. The number of ether oxygens (including phenoxy) is 4. The van der Waals surface area contributed by atoms with Crippen LogP contribution in [0.15, 0.2) is 42.5 Å². The van der Waals surface area contributed by atoms with Crippen molar-refractivity contribution in [2.24, 2.45) is 5.92 Å². The standard InChI is InChI=1S/C30H40N2O6/c1-35-13-5-6-21-16-22(18-24(17-21)37-15-14-36-2)20-32(23-9-10-23)28(33)27-19-31-12-11-30(27)26-8-4-3-7-25(26)29(34)38-30/h3-4,7-8,16-18,23,27,29,31,34H,5-6,9-15,19-20H2,1-2H3/t27-,29?,30?/m1/s1. The third-order valence-corrected chi connectivity index (χ3v) is 7.91. The summed E-state index contributed by atoms with van der Waals surface area (Å²) in [6, 6.07) is 14.3. The van der Waals surface area contributed by atoms with E-state index in [0.717, 1.165) is 54.7 Å². The molecule has 206 valence electrons. The van der Waals surface area contributed by atoms with Crippen LogP contribution in [0.1, 0.15) is 54.2 Å². The first kappa shape index (κ1) is 27.1. The Morgan fingerprint density at radius 1 is 1.11 bits per heavy atom. The Kier molecular flexibility index (Phi) is 8.65. The van der Waals surface area contributed by atoms with Gasteiger partial charge in [0.15, 0.2) is 6.29 Å². The molecule has 0 radical (unpaired) electrons. The lowest BCUT2D eigenvalue weighted by Gasteiger charge is -2.43. The van der Waals surface area contributed by atoms with Crippen molar-refractivity contribution in [3.63, 3.8) is 0 Å². The number of methoxy groups -OCH3 is 2. The number of fused-ring (bicyclic) bond motifs is 2. The van der Waals surface area contributed by atoms with E-state index in [1.54, 1.807) is 14.2 Å². The monoisotopic (exact) mass is 524 g/mol. The smallest absolute Gasteiger partial charge is 0.230 e. The van der Waals surface area contributed by atoms with Gasteiger partial charge in [-0.25, -0.2) is 0 Å². The number of nitrogens with zero attached hydrogens (tertiary/aromatic N) is 1. The van der Waals surface area contributed by atoms with E-state index in [1.165, 1.54) is 5.56 Å². The average molecular weight is 525 g/mol. The van der Waals surface area contributed by atoms with Gasteiger partial charge in [-0.3, -0.25) is 4.79 Å². The zero-order valence-electron chi connectivity index (χ0n) is 22.5. The summed E-state index contributed by atoms with van der Waals surface area (Å²) in [5, 5.41) is 14.1. The number of benzene rings is 2. The summed E-state index contributed by atoms with van der Waals surface area (Å²) >= 11 is 0. The van der Waals surface area contributed by atoms with Gasteiger partial charge in [-0.05, 0) is 67.5 Å². The van der Waals surface area contributed by atoms with Crippen molar-refractivity contribution in [2.75, 3.05) is 47.1 Å². The number of carbonyl (C=O) groups is 1. The largest absolute Gasteiger partial charge is 0.491 e. The van der Waals surface area contributed by atoms with E-state index in [9.17, 15) is 9.90 Å². The lowest BCUT2D eigenvalue weighted by atomic mass is 9.75. The molecule has 3 atom stereocenters. The minimum atomic E-state index is -1.01. The molecule has 0 aromatic heterocycles. The first-order valence-electron chi connectivity index (χ1n) is 13.8. The Labute approximate surface area is 225 Å². The van der Waals surface area contributed by atoms with Crippen LogP contribution >= 0.6 is 0 Å². The quantitative estimate of drug-likeness (QED) is 0.412. The molecule has 1 saturated heterocycles. The molecular weight excluding hydrogens is 484 g/mol. The summed E-state index contributed by atoms with van der Waals surface area (Å²) in [5.41, 5.74) is 3.12. The maximum Gasteiger partial charge on any atom is 0.230 e. The minimum absolute atomic E-state index is 0.0789. The van der Waals surface area contributed by atoms with Crippen LogP contribution in [0.4, 0.5) is 0 Å². The molecule has 2 aliphatic heterocycles. The maximum absolute atomic E-state index is 14.3. The molecule has 1 spiro atoms. The van der Waals surface area contributed by atoms with Gasteiger partial charge < -0.3 is 34.3 Å². The van der Waals surface area contributed by atoms with Gasteiger partial charge in [0.25, 0.3) is 0 Å². The highest BCUT2D eigenvalue weighted by atomic mass is 16.6. The zero-order chi connectivity index (χ0) is 26.5. The number of rotatable bonds is 12. The molecule has 8 heteroatoms. The fraction of sp³-hybridized carbons (Fsp3) is 0.567. The van der Waals surface area contributed by atoms with Gasteiger partial charge in [-0.2, -0.15) is 0 Å². The Bertz CT molecular complexity index is 1080. The van der Waals surface area contributed by atoms with Crippen LogP contribution in [0.3, 0.4) is 0 Å². The van der Waals surface area contributed by atoms with Gasteiger partial charge in [-0.15, -0.1) is 0 Å². The number of carbonyl (C=O) groups excluding carboxylic acids is 1. The van der Waals surface area contributed by atoms with Crippen LogP contribution < -0.4 is 10.1 Å². The van der Waals surface area contributed by atoms with E-state index in [2.05, 4.69) is 17.4 Å². The summed E-state index contributed by atoms with van der Waals surface area (Å²) in [7, 11) is 3.38. The molecule has 5 rings (SSSR count). The van der Waals surface area contributed by atoms with E-state index in [0.29, 0.717) is 39.3 Å². The second-order valence-corrected chi connectivity index (χ2v) is 10.6. The zero-order valence-corrected chi connectivity index (χ0v) is 22.5. The highest BCUT2D eigenvalue weighted by Crippen LogP contribution is 2.51. The SMILES string of the molecule is COCCCc1cc(CN(C(=O)[C@H]2CNCCC23OC(O)c2ccccc23)C2CC2)cc(OCCOC)c1. The summed E-state index contributed by atoms with van der Waals surface area (Å²) in [4.78, 5) is 16.3. The Hall–Kier alpha value is -2.49. The molecule has 3 aliphatic rings. The van der Waals surface area contributed by atoms with Crippen LogP contribution in [-0.4, -0.2) is 69.1 Å². The first-order chi connectivity index (χ1) is 18.6. The molecule has 1 amide bonds. The molecule has 38 heavy (non-hydrogen) atoms. The van der Waals surface area contributed by atoms with E-state index in [4.69, 9.17) is 18.9 Å². The highest BCUT2D eigenvalue weighted by Gasteiger charge is 2.55. The van der Waals surface area contributed by atoms with Gasteiger partial charge >= 0.3 is 0 Å². The van der Waals surface area contributed by atoms with Crippen LogP contribution in [-0.2, 0) is 37.6 Å². The Balaban J connectivity index is 1.41. The lowest BCUT2D eigenvalue weighted by Crippen LogP contribution is -2.55. The normalized spacial score (nSPS) is 24.4. The second kappa shape index (κ2) is 12.1. The number of hydrogen-bond donors (Lipinski definition) is 2. The highest BCUT2D eigenvalue weighted by molar-refractivity contribution is 5.82. The van der Waals surface area contributed by atoms with Crippen molar-refractivity contribution >= 4 is 5.91 Å². The van der Waals surface area contributed by atoms with Gasteiger partial charge in [-0.1, -0.05) is 30.3 Å². The van der Waals surface area contributed by atoms with Gasteiger partial charge in [0.2, 0.25) is 5.91 Å². The van der Waals surface area contributed by atoms with Crippen LogP contribution in [0.2, 0.25) is 0 Å². The number of amides is 1. The van der Waals surface area contributed by atoms with Crippen molar-refractivity contribution in [3.05, 3.63) is 64.7 Å². The number of aliphatic hydroxyl groups is 1. The van der Waals surface area contributed by atoms with Crippen molar-refractivity contribution in [1.82, 2.24) is 10.2 Å². The van der Waals surface area contributed by atoms with Crippen molar-refractivity contribution in [3.8, 4) is 5.75 Å². The molecule has 8 nitrogen and oxygen atoms in total. The molecule has 2 heterocycles. The van der Waals surface area contributed by atoms with Crippen molar-refractivity contribution < 1.29 is 28.8 Å². The van der Waals surface area contributed by atoms with Gasteiger partial charge in [0.05, 0.1) is 12.5 Å². The van der Waals surface area contributed by atoms with Crippen LogP contribution in [0.25, 0.3) is 0 Å². The van der Waals surface area contributed by atoms with E-state index in [1.807, 2.05) is 35.2 Å². The fourth-order valence-electron chi connectivity index (χ4n) is 5.91. The van der Waals surface area contributed by atoms with E-state index >= 15 is 0 Å². The van der Waals surface area contributed by atoms with E-state index < -0.39 is 17.8 Å². The van der Waals surface area contributed by atoms with Crippen molar-refractivity contribution in [1.29, 1.82) is 0 Å². The topological polar surface area (TPSA) is 89.5 Å². The Morgan fingerprint density at radius 3 is 2.68 bits per heavy atom. The fourth-order valence-corrected chi connectivity index (χ4v) is 5.91. The van der Waals surface area contributed by atoms with Crippen LogP contribution in [0.5, 0.6) is 5.75 Å². The minimum Gasteiger partial charge on any atom is -0.491 e. The van der Waals surface area contributed by atoms with Gasteiger partial charge in [0.1, 0.15) is 18.0 Å². The van der Waals surface area contributed by atoms with Crippen LogP contribution in [0, 0.1) is 5.92 Å². The van der Waals surface area contributed by atoms with Gasteiger partial charge in [0, 0.05) is 45.5 Å².